The third-order valence-corrected chi connectivity index (χ3v) is 6.59. The largest absolute Gasteiger partial charge is 0.379 e. The number of ether oxygens (including phenoxy) is 1. The molecule has 181 valence electrons. The quantitative estimate of drug-likeness (QED) is 0.119. The second-order valence-electron chi connectivity index (χ2n) is 9.68. The molecule has 0 rings (SSSR count). The van der Waals surface area contributed by atoms with Crippen LogP contribution in [0.1, 0.15) is 174 Å². The fraction of sp³-hybridized carbons (Fsp3) is 0.966. The molecular weight excluding hydrogens is 364 g/mol. The number of hydrogen-bond donors (Lipinski definition) is 0. The van der Waals surface area contributed by atoms with E-state index in [2.05, 4.69) is 6.92 Å². The van der Waals surface area contributed by atoms with E-state index in [-0.39, 0.29) is 0 Å². The van der Waals surface area contributed by atoms with Crippen LogP contribution in [0.4, 0.5) is 0 Å². The first-order valence-electron chi connectivity index (χ1n) is 14.3. The van der Waals surface area contributed by atoms with Crippen molar-refractivity contribution in [3.8, 4) is 0 Å². The first kappa shape index (κ1) is 30.0. The Morgan fingerprint density at radius 2 is 0.600 bits per heavy atom. The summed E-state index contributed by atoms with van der Waals surface area (Å²) in [5, 5.41) is 0. The van der Waals surface area contributed by atoms with Crippen LogP contribution in [-0.4, -0.2) is 7.11 Å². The molecule has 0 unspecified atom stereocenters. The number of unbranched alkanes of at least 4 members (excludes halogenated alkanes) is 25. The smallest absolute Gasteiger partial charge is 0.0832 e. The lowest BCUT2D eigenvalue weighted by atomic mass is 10.0. The Morgan fingerprint density at radius 1 is 0.367 bits per heavy atom. The van der Waals surface area contributed by atoms with Crippen molar-refractivity contribution in [2.24, 2.45) is 0 Å². The van der Waals surface area contributed by atoms with Crippen molar-refractivity contribution in [3.05, 3.63) is 6.61 Å². The molecule has 0 saturated heterocycles. The lowest BCUT2D eigenvalue weighted by Gasteiger charge is -2.04. The third kappa shape index (κ3) is 28.0. The molecule has 0 fully saturated rings. The van der Waals surface area contributed by atoms with Gasteiger partial charge in [-0.05, 0) is 6.42 Å². The minimum atomic E-state index is 1.12. The third-order valence-electron chi connectivity index (χ3n) is 6.59. The fourth-order valence-corrected chi connectivity index (χ4v) is 4.48. The van der Waals surface area contributed by atoms with E-state index in [1.807, 2.05) is 6.61 Å². The summed E-state index contributed by atoms with van der Waals surface area (Å²) in [5.41, 5.74) is 0. The summed E-state index contributed by atoms with van der Waals surface area (Å²) in [5.74, 6) is 0. The zero-order valence-electron chi connectivity index (χ0n) is 21.4. The Bertz CT molecular complexity index is 248. The Labute approximate surface area is 192 Å². The summed E-state index contributed by atoms with van der Waals surface area (Å²) >= 11 is 0. The van der Waals surface area contributed by atoms with Crippen LogP contribution in [0.2, 0.25) is 0 Å². The van der Waals surface area contributed by atoms with Crippen LogP contribution in [0.15, 0.2) is 0 Å². The van der Waals surface area contributed by atoms with Gasteiger partial charge < -0.3 is 4.74 Å². The van der Waals surface area contributed by atoms with E-state index in [1.165, 1.54) is 161 Å². The Kier molecular flexibility index (Phi) is 28.9. The number of hydrogen-bond acceptors (Lipinski definition) is 1. The van der Waals surface area contributed by atoms with Crippen molar-refractivity contribution in [1.29, 1.82) is 0 Å². The van der Waals surface area contributed by atoms with Crippen molar-refractivity contribution < 1.29 is 4.74 Å². The highest BCUT2D eigenvalue weighted by Crippen LogP contribution is 2.16. The molecule has 0 saturated carbocycles. The van der Waals surface area contributed by atoms with Crippen LogP contribution in [0.5, 0.6) is 0 Å². The number of methoxy groups -OCH3 is 1. The van der Waals surface area contributed by atoms with Crippen molar-refractivity contribution in [2.45, 2.75) is 174 Å². The molecule has 0 atom stereocenters. The fourth-order valence-electron chi connectivity index (χ4n) is 4.48. The standard InChI is InChI=1S/C29H59O/c1-3-4-5-6-7-8-9-10-11-12-13-14-15-16-17-18-19-20-21-22-23-24-25-26-27-28-29-30-2/h29H,3-28H2,1-2H3. The molecule has 0 bridgehead atoms. The van der Waals surface area contributed by atoms with Crippen LogP contribution in [0.25, 0.3) is 0 Å². The van der Waals surface area contributed by atoms with Gasteiger partial charge in [-0.2, -0.15) is 0 Å². The van der Waals surface area contributed by atoms with E-state index < -0.39 is 0 Å². The molecule has 1 radical (unpaired) electrons. The van der Waals surface area contributed by atoms with E-state index in [9.17, 15) is 0 Å². The molecule has 0 spiro atoms. The summed E-state index contributed by atoms with van der Waals surface area (Å²) in [6, 6.07) is 0. The summed E-state index contributed by atoms with van der Waals surface area (Å²) in [6.07, 6.45) is 37.5. The zero-order chi connectivity index (χ0) is 21.8. The summed E-state index contributed by atoms with van der Waals surface area (Å²) in [6.45, 7) is 4.23. The number of rotatable bonds is 27. The maximum absolute atomic E-state index is 4.97. The molecule has 1 heteroatoms. The van der Waals surface area contributed by atoms with Gasteiger partial charge in [0.1, 0.15) is 0 Å². The van der Waals surface area contributed by atoms with E-state index in [0.717, 1.165) is 6.42 Å². The summed E-state index contributed by atoms with van der Waals surface area (Å²) < 4.78 is 4.97. The van der Waals surface area contributed by atoms with Gasteiger partial charge in [-0.3, -0.25) is 0 Å². The second-order valence-corrected chi connectivity index (χ2v) is 9.68. The molecule has 0 aliphatic carbocycles. The Balaban J connectivity index is 2.97. The van der Waals surface area contributed by atoms with Gasteiger partial charge in [0.25, 0.3) is 0 Å². The Hall–Kier alpha value is -0.0400. The van der Waals surface area contributed by atoms with Gasteiger partial charge in [-0.1, -0.05) is 167 Å². The van der Waals surface area contributed by atoms with Gasteiger partial charge in [-0.15, -0.1) is 0 Å². The monoisotopic (exact) mass is 423 g/mol. The molecule has 0 aromatic heterocycles. The van der Waals surface area contributed by atoms with Gasteiger partial charge in [0.05, 0.1) is 6.61 Å². The van der Waals surface area contributed by atoms with Crippen molar-refractivity contribution >= 4 is 0 Å². The molecule has 0 aliphatic rings. The topological polar surface area (TPSA) is 9.23 Å². The average Bonchev–Trinajstić information content (AvgIpc) is 2.76. The van der Waals surface area contributed by atoms with E-state index >= 15 is 0 Å². The van der Waals surface area contributed by atoms with E-state index in [1.54, 1.807) is 7.11 Å². The summed E-state index contributed by atoms with van der Waals surface area (Å²) in [7, 11) is 1.75. The van der Waals surface area contributed by atoms with Gasteiger partial charge in [0.2, 0.25) is 0 Å². The SMILES string of the molecule is CCCCCCCCCCCCCCCCCCCCCCCCCCC[CH]OC. The first-order chi connectivity index (χ1) is 14.9. The Morgan fingerprint density at radius 3 is 0.833 bits per heavy atom. The normalized spacial score (nSPS) is 11.4. The molecular formula is C29H59O. The highest BCUT2D eigenvalue weighted by Gasteiger charge is 1.96. The molecule has 0 N–H and O–H groups in total. The minimum Gasteiger partial charge on any atom is -0.379 e. The van der Waals surface area contributed by atoms with Gasteiger partial charge in [0, 0.05) is 7.11 Å². The second kappa shape index (κ2) is 29.0. The van der Waals surface area contributed by atoms with Gasteiger partial charge >= 0.3 is 0 Å². The molecule has 30 heavy (non-hydrogen) atoms. The molecule has 0 aliphatic heterocycles. The predicted molar refractivity (Wildman–Crippen MR) is 137 cm³/mol. The molecule has 0 heterocycles. The van der Waals surface area contributed by atoms with Gasteiger partial charge in [-0.25, -0.2) is 0 Å². The maximum atomic E-state index is 4.97. The lowest BCUT2D eigenvalue weighted by molar-refractivity contribution is 0.262. The minimum absolute atomic E-state index is 1.12. The maximum Gasteiger partial charge on any atom is 0.0832 e. The van der Waals surface area contributed by atoms with Crippen LogP contribution in [0, 0.1) is 6.61 Å². The van der Waals surface area contributed by atoms with E-state index in [0.29, 0.717) is 0 Å². The average molecular weight is 424 g/mol. The van der Waals surface area contributed by atoms with Crippen LogP contribution in [0.3, 0.4) is 0 Å². The first-order valence-corrected chi connectivity index (χ1v) is 14.3. The van der Waals surface area contributed by atoms with Crippen LogP contribution < -0.4 is 0 Å². The molecule has 0 aromatic rings. The lowest BCUT2D eigenvalue weighted by Crippen LogP contribution is -1.85. The van der Waals surface area contributed by atoms with Gasteiger partial charge in [0.15, 0.2) is 0 Å². The molecule has 0 aromatic carbocycles. The molecule has 0 amide bonds. The van der Waals surface area contributed by atoms with Crippen LogP contribution >= 0.6 is 0 Å². The van der Waals surface area contributed by atoms with Crippen molar-refractivity contribution in [3.63, 3.8) is 0 Å². The predicted octanol–water partition coefficient (Wildman–Crippen LogP) is 11.0. The van der Waals surface area contributed by atoms with Crippen molar-refractivity contribution in [2.75, 3.05) is 7.11 Å². The van der Waals surface area contributed by atoms with Crippen LogP contribution in [-0.2, 0) is 4.74 Å². The molecule has 1 nitrogen and oxygen atoms in total. The summed E-state index contributed by atoms with van der Waals surface area (Å²) in [4.78, 5) is 0. The highest BCUT2D eigenvalue weighted by atomic mass is 16.5. The highest BCUT2D eigenvalue weighted by molar-refractivity contribution is 4.53. The van der Waals surface area contributed by atoms with Crippen molar-refractivity contribution in [1.82, 2.24) is 0 Å². The zero-order valence-corrected chi connectivity index (χ0v) is 21.4. The van der Waals surface area contributed by atoms with E-state index in [4.69, 9.17) is 4.74 Å².